The number of hydrogen-bond donors (Lipinski definition) is 1. The summed E-state index contributed by atoms with van der Waals surface area (Å²) in [7, 11) is 1.59. The molecule has 4 heteroatoms. The maximum atomic E-state index is 13.8. The van der Waals surface area contributed by atoms with Gasteiger partial charge in [-0.05, 0) is 48.9 Å². The molecule has 0 heterocycles. The minimum atomic E-state index is -0.425. The van der Waals surface area contributed by atoms with Crippen molar-refractivity contribution in [3.05, 3.63) is 53.8 Å². The summed E-state index contributed by atoms with van der Waals surface area (Å²) in [5.74, 6) is 1.02. The Morgan fingerprint density at radius 1 is 1.05 bits per heavy atom. The standard InChI is InChI=1S/C15H16FNO2/c1-10(17)11-3-8-15(14(16)9-11)19-13-6-4-12(18-2)5-7-13/h3-10H,17H2,1-2H3. The van der Waals surface area contributed by atoms with Crippen LogP contribution >= 0.6 is 0 Å². The van der Waals surface area contributed by atoms with Gasteiger partial charge < -0.3 is 15.2 Å². The number of benzene rings is 2. The summed E-state index contributed by atoms with van der Waals surface area (Å²) in [6.45, 7) is 1.80. The van der Waals surface area contributed by atoms with Crippen molar-refractivity contribution in [2.24, 2.45) is 5.73 Å². The molecule has 2 aromatic carbocycles. The third-order valence-electron chi connectivity index (χ3n) is 2.77. The highest BCUT2D eigenvalue weighted by Gasteiger charge is 2.08. The first kappa shape index (κ1) is 13.4. The smallest absolute Gasteiger partial charge is 0.166 e. The van der Waals surface area contributed by atoms with Crippen molar-refractivity contribution < 1.29 is 13.9 Å². The Morgan fingerprint density at radius 2 is 1.68 bits per heavy atom. The Bertz CT molecular complexity index is 553. The van der Waals surface area contributed by atoms with Gasteiger partial charge in [-0.1, -0.05) is 6.07 Å². The van der Waals surface area contributed by atoms with E-state index in [-0.39, 0.29) is 11.8 Å². The second-order valence-electron chi connectivity index (χ2n) is 4.26. The third kappa shape index (κ3) is 3.23. The van der Waals surface area contributed by atoms with Crippen molar-refractivity contribution in [2.75, 3.05) is 7.11 Å². The molecule has 19 heavy (non-hydrogen) atoms. The molecule has 3 nitrogen and oxygen atoms in total. The van der Waals surface area contributed by atoms with Gasteiger partial charge in [0.25, 0.3) is 0 Å². The molecule has 0 saturated carbocycles. The van der Waals surface area contributed by atoms with Crippen molar-refractivity contribution >= 4 is 0 Å². The summed E-state index contributed by atoms with van der Waals surface area (Å²) >= 11 is 0. The Balaban J connectivity index is 2.18. The first-order valence-electron chi connectivity index (χ1n) is 5.97. The third-order valence-corrected chi connectivity index (χ3v) is 2.77. The van der Waals surface area contributed by atoms with Gasteiger partial charge in [0.05, 0.1) is 7.11 Å². The molecule has 0 amide bonds. The predicted molar refractivity (Wildman–Crippen MR) is 72.1 cm³/mol. The van der Waals surface area contributed by atoms with E-state index in [1.807, 2.05) is 0 Å². The van der Waals surface area contributed by atoms with Crippen LogP contribution in [-0.2, 0) is 0 Å². The molecular weight excluding hydrogens is 245 g/mol. The fourth-order valence-corrected chi connectivity index (χ4v) is 1.65. The highest BCUT2D eigenvalue weighted by molar-refractivity contribution is 5.37. The van der Waals surface area contributed by atoms with Crippen molar-refractivity contribution in [1.82, 2.24) is 0 Å². The number of halogens is 1. The first-order valence-corrected chi connectivity index (χ1v) is 5.97. The Kier molecular flexibility index (Phi) is 4.02. The summed E-state index contributed by atoms with van der Waals surface area (Å²) in [5.41, 5.74) is 6.43. The molecule has 0 bridgehead atoms. The molecule has 100 valence electrons. The van der Waals surface area contributed by atoms with Crippen LogP contribution in [0.25, 0.3) is 0 Å². The highest BCUT2D eigenvalue weighted by atomic mass is 19.1. The number of ether oxygens (including phenoxy) is 2. The zero-order valence-electron chi connectivity index (χ0n) is 10.9. The Labute approximate surface area is 111 Å². The van der Waals surface area contributed by atoms with Gasteiger partial charge in [0.1, 0.15) is 11.5 Å². The Hall–Kier alpha value is -2.07. The quantitative estimate of drug-likeness (QED) is 0.913. The summed E-state index contributed by atoms with van der Waals surface area (Å²) in [6, 6.07) is 11.5. The van der Waals surface area contributed by atoms with E-state index < -0.39 is 5.82 Å². The van der Waals surface area contributed by atoms with Gasteiger partial charge in [-0.15, -0.1) is 0 Å². The molecule has 0 spiro atoms. The van der Waals surface area contributed by atoms with Crippen LogP contribution in [0.5, 0.6) is 17.2 Å². The molecule has 0 aromatic heterocycles. The van der Waals surface area contributed by atoms with Gasteiger partial charge in [-0.25, -0.2) is 4.39 Å². The van der Waals surface area contributed by atoms with Gasteiger partial charge >= 0.3 is 0 Å². The van der Waals surface area contributed by atoms with Crippen LogP contribution in [0.4, 0.5) is 4.39 Å². The molecule has 0 aliphatic heterocycles. The molecular formula is C15H16FNO2. The van der Waals surface area contributed by atoms with Crippen molar-refractivity contribution in [2.45, 2.75) is 13.0 Å². The summed E-state index contributed by atoms with van der Waals surface area (Å²) in [5, 5.41) is 0. The number of hydrogen-bond acceptors (Lipinski definition) is 3. The highest BCUT2D eigenvalue weighted by Crippen LogP contribution is 2.27. The topological polar surface area (TPSA) is 44.5 Å². The first-order chi connectivity index (χ1) is 9.10. The van der Waals surface area contributed by atoms with Gasteiger partial charge in [0, 0.05) is 6.04 Å². The minimum Gasteiger partial charge on any atom is -0.497 e. The van der Waals surface area contributed by atoms with Crippen LogP contribution in [0.2, 0.25) is 0 Å². The summed E-state index contributed by atoms with van der Waals surface area (Å²) < 4.78 is 24.3. The van der Waals surface area contributed by atoms with E-state index in [1.54, 1.807) is 50.4 Å². The van der Waals surface area contributed by atoms with Crippen molar-refractivity contribution in [3.63, 3.8) is 0 Å². The lowest BCUT2D eigenvalue weighted by molar-refractivity contribution is 0.411. The second kappa shape index (κ2) is 5.71. The molecule has 0 saturated heterocycles. The number of rotatable bonds is 4. The zero-order valence-corrected chi connectivity index (χ0v) is 10.9. The average Bonchev–Trinajstić information content (AvgIpc) is 2.41. The molecule has 2 N–H and O–H groups in total. The molecule has 0 aliphatic rings. The molecule has 1 unspecified atom stereocenters. The van der Waals surface area contributed by atoms with Gasteiger partial charge in [0.15, 0.2) is 11.6 Å². The summed E-state index contributed by atoms with van der Waals surface area (Å²) in [6.07, 6.45) is 0. The molecule has 0 fully saturated rings. The van der Waals surface area contributed by atoms with Crippen LogP contribution in [0, 0.1) is 5.82 Å². The normalized spacial score (nSPS) is 12.0. The average molecular weight is 261 g/mol. The van der Waals surface area contributed by atoms with Gasteiger partial charge in [0.2, 0.25) is 0 Å². The largest absolute Gasteiger partial charge is 0.497 e. The maximum absolute atomic E-state index is 13.8. The molecule has 2 rings (SSSR count). The van der Waals surface area contributed by atoms with Gasteiger partial charge in [-0.2, -0.15) is 0 Å². The van der Waals surface area contributed by atoms with E-state index in [2.05, 4.69) is 0 Å². The molecule has 0 radical (unpaired) electrons. The lowest BCUT2D eigenvalue weighted by Gasteiger charge is -2.10. The Morgan fingerprint density at radius 3 is 2.21 bits per heavy atom. The van der Waals surface area contributed by atoms with Crippen LogP contribution in [0.3, 0.4) is 0 Å². The van der Waals surface area contributed by atoms with E-state index in [0.717, 1.165) is 11.3 Å². The minimum absolute atomic E-state index is 0.176. The predicted octanol–water partition coefficient (Wildman–Crippen LogP) is 3.65. The van der Waals surface area contributed by atoms with Crippen molar-refractivity contribution in [3.8, 4) is 17.2 Å². The fourth-order valence-electron chi connectivity index (χ4n) is 1.65. The zero-order chi connectivity index (χ0) is 13.8. The van der Waals surface area contributed by atoms with E-state index in [1.165, 1.54) is 6.07 Å². The van der Waals surface area contributed by atoms with E-state index in [9.17, 15) is 4.39 Å². The molecule has 1 atom stereocenters. The van der Waals surface area contributed by atoms with Crippen LogP contribution in [-0.4, -0.2) is 7.11 Å². The number of nitrogens with two attached hydrogens (primary N) is 1. The number of methoxy groups -OCH3 is 1. The lowest BCUT2D eigenvalue weighted by Crippen LogP contribution is -2.05. The lowest BCUT2D eigenvalue weighted by atomic mass is 10.1. The van der Waals surface area contributed by atoms with Gasteiger partial charge in [-0.3, -0.25) is 0 Å². The SMILES string of the molecule is COc1ccc(Oc2ccc(C(C)N)cc2F)cc1. The van der Waals surface area contributed by atoms with E-state index in [0.29, 0.717) is 5.75 Å². The van der Waals surface area contributed by atoms with Crippen LogP contribution < -0.4 is 15.2 Å². The second-order valence-corrected chi connectivity index (χ2v) is 4.26. The maximum Gasteiger partial charge on any atom is 0.166 e. The molecule has 0 aliphatic carbocycles. The molecule has 2 aromatic rings. The fraction of sp³-hybridized carbons (Fsp3) is 0.200. The monoisotopic (exact) mass is 261 g/mol. The van der Waals surface area contributed by atoms with Crippen molar-refractivity contribution in [1.29, 1.82) is 0 Å². The van der Waals surface area contributed by atoms with Crippen LogP contribution in [0.15, 0.2) is 42.5 Å². The van der Waals surface area contributed by atoms with Crippen LogP contribution in [0.1, 0.15) is 18.5 Å². The van der Waals surface area contributed by atoms with E-state index >= 15 is 0 Å². The van der Waals surface area contributed by atoms with E-state index in [4.69, 9.17) is 15.2 Å². The summed E-state index contributed by atoms with van der Waals surface area (Å²) in [4.78, 5) is 0.